The van der Waals surface area contributed by atoms with E-state index in [9.17, 15) is 0 Å². The summed E-state index contributed by atoms with van der Waals surface area (Å²) < 4.78 is 31.2. The second-order valence-corrected chi connectivity index (χ2v) is 10.6. The molecule has 0 amide bonds. The zero-order chi connectivity index (χ0) is 25.5. The van der Waals surface area contributed by atoms with Crippen molar-refractivity contribution >= 4 is 0 Å². The van der Waals surface area contributed by atoms with Gasteiger partial charge in [-0.05, 0) is 101 Å². The highest BCUT2D eigenvalue weighted by Gasteiger charge is 2.45. The molecule has 2 saturated carbocycles. The largest absolute Gasteiger partial charge is 0.298 e. The monoisotopic (exact) mass is 480 g/mol. The molecule has 4 heteroatoms. The third kappa shape index (κ3) is 6.50. The summed E-state index contributed by atoms with van der Waals surface area (Å²) in [5, 5.41) is 7.32. The number of hydrogen-bond donors (Lipinski definition) is 0. The van der Waals surface area contributed by atoms with Gasteiger partial charge in [-0.1, -0.05) is 48.5 Å². The number of nitriles is 1. The predicted octanol–water partition coefficient (Wildman–Crippen LogP) is 8.19. The van der Waals surface area contributed by atoms with Crippen LogP contribution in [0.2, 0.25) is 0 Å². The molecule has 35 heavy (non-hydrogen) atoms. The maximum absolute atomic E-state index is 15.6. The van der Waals surface area contributed by atoms with Gasteiger partial charge in [-0.25, -0.2) is 8.78 Å². The van der Waals surface area contributed by atoms with E-state index in [-0.39, 0.29) is 0 Å². The molecule has 0 N–H and O–H groups in total. The van der Waals surface area contributed by atoms with E-state index in [1.165, 1.54) is 12.5 Å². The summed E-state index contributed by atoms with van der Waals surface area (Å²) in [5.41, 5.74) is 1.37. The van der Waals surface area contributed by atoms with E-state index in [1.54, 1.807) is 6.07 Å². The van der Waals surface area contributed by atoms with E-state index < -0.39 is 11.3 Å². The molecule has 0 heterocycles. The Balaban J connectivity index is 0.00000108. The Hall–Kier alpha value is -2.25. The van der Waals surface area contributed by atoms with Gasteiger partial charge in [0, 0.05) is 25.6 Å². The summed E-state index contributed by atoms with van der Waals surface area (Å²) in [4.78, 5) is 2.54. The van der Waals surface area contributed by atoms with Crippen LogP contribution >= 0.6 is 0 Å². The van der Waals surface area contributed by atoms with Gasteiger partial charge in [-0.3, -0.25) is 4.90 Å². The van der Waals surface area contributed by atoms with Crippen molar-refractivity contribution in [3.8, 4) is 6.07 Å². The van der Waals surface area contributed by atoms with Crippen molar-refractivity contribution in [3.63, 3.8) is 0 Å². The molecule has 2 aliphatic rings. The van der Waals surface area contributed by atoms with Crippen LogP contribution in [0.15, 0.2) is 48.5 Å². The SMILES string of the molecule is CC#N.CC(C)N(CCc1ccccc1)C(C)CCc1c(C2(F)CCC2)cccc1C1(F)CCC1. The van der Waals surface area contributed by atoms with Crippen molar-refractivity contribution < 1.29 is 8.78 Å². The van der Waals surface area contributed by atoms with Gasteiger partial charge in [0.05, 0.1) is 6.07 Å². The highest BCUT2D eigenvalue weighted by molar-refractivity contribution is 5.44. The van der Waals surface area contributed by atoms with Gasteiger partial charge in [0.2, 0.25) is 0 Å². The van der Waals surface area contributed by atoms with E-state index in [2.05, 4.69) is 56.0 Å². The zero-order valence-corrected chi connectivity index (χ0v) is 22.0. The standard InChI is InChI=1S/C29H39F2N.C2H3N/c1-22(2)32(21-16-24-10-5-4-6-11-24)23(3)14-15-25-26(28(30)17-8-18-28)12-7-13-27(25)29(31)19-9-20-29;1-2-3/h4-7,10-13,22-23H,8-9,14-21H2,1-3H3;1H3. The zero-order valence-electron chi connectivity index (χ0n) is 22.0. The van der Waals surface area contributed by atoms with Gasteiger partial charge in [-0.2, -0.15) is 5.26 Å². The number of halogens is 2. The van der Waals surface area contributed by atoms with Gasteiger partial charge in [-0.15, -0.1) is 0 Å². The van der Waals surface area contributed by atoms with E-state index in [1.807, 2.05) is 18.2 Å². The maximum Gasteiger partial charge on any atom is 0.136 e. The molecule has 1 unspecified atom stereocenters. The van der Waals surface area contributed by atoms with Gasteiger partial charge in [0.25, 0.3) is 0 Å². The summed E-state index contributed by atoms with van der Waals surface area (Å²) >= 11 is 0. The Morgan fingerprint density at radius 2 is 1.37 bits per heavy atom. The molecule has 4 rings (SSSR count). The van der Waals surface area contributed by atoms with Crippen LogP contribution in [-0.2, 0) is 24.2 Å². The van der Waals surface area contributed by atoms with Crippen molar-refractivity contribution in [2.45, 2.75) is 109 Å². The first-order chi connectivity index (χ1) is 16.7. The van der Waals surface area contributed by atoms with Crippen molar-refractivity contribution in [1.82, 2.24) is 4.90 Å². The molecule has 0 radical (unpaired) electrons. The van der Waals surface area contributed by atoms with Crippen LogP contribution in [0.3, 0.4) is 0 Å². The number of nitrogens with zero attached hydrogens (tertiary/aromatic N) is 2. The third-order valence-electron chi connectivity index (χ3n) is 7.98. The van der Waals surface area contributed by atoms with Crippen molar-refractivity contribution in [1.29, 1.82) is 5.26 Å². The van der Waals surface area contributed by atoms with Crippen LogP contribution in [0, 0.1) is 11.3 Å². The Labute approximate surface area is 211 Å². The van der Waals surface area contributed by atoms with Gasteiger partial charge in [0.1, 0.15) is 11.3 Å². The molecule has 2 nitrogen and oxygen atoms in total. The van der Waals surface area contributed by atoms with Crippen LogP contribution in [0.5, 0.6) is 0 Å². The number of hydrogen-bond acceptors (Lipinski definition) is 2. The number of alkyl halides is 2. The Kier molecular flexibility index (Phi) is 9.47. The van der Waals surface area contributed by atoms with Crippen molar-refractivity contribution in [2.75, 3.05) is 6.54 Å². The van der Waals surface area contributed by atoms with E-state index in [4.69, 9.17) is 5.26 Å². The fraction of sp³-hybridized carbons (Fsp3) is 0.581. The first-order valence-electron chi connectivity index (χ1n) is 13.4. The molecule has 1 atom stereocenters. The molecule has 2 aromatic carbocycles. The topological polar surface area (TPSA) is 27.0 Å². The average molecular weight is 481 g/mol. The molecule has 0 bridgehead atoms. The molecule has 0 spiro atoms. The Morgan fingerprint density at radius 3 is 1.80 bits per heavy atom. The van der Waals surface area contributed by atoms with E-state index >= 15 is 8.78 Å². The average Bonchev–Trinajstić information content (AvgIpc) is 2.80. The first-order valence-corrected chi connectivity index (χ1v) is 13.4. The second kappa shape index (κ2) is 12.1. The number of rotatable bonds is 10. The molecule has 2 fully saturated rings. The lowest BCUT2D eigenvalue weighted by Crippen LogP contribution is -2.41. The first kappa shape index (κ1) is 27.3. The highest BCUT2D eigenvalue weighted by Crippen LogP contribution is 2.51. The molecular weight excluding hydrogens is 438 g/mol. The third-order valence-corrected chi connectivity index (χ3v) is 7.98. The van der Waals surface area contributed by atoms with E-state index in [0.29, 0.717) is 37.8 Å². The van der Waals surface area contributed by atoms with Gasteiger partial charge < -0.3 is 0 Å². The predicted molar refractivity (Wildman–Crippen MR) is 141 cm³/mol. The van der Waals surface area contributed by atoms with Gasteiger partial charge >= 0.3 is 0 Å². The van der Waals surface area contributed by atoms with Crippen LogP contribution < -0.4 is 0 Å². The lowest BCUT2D eigenvalue weighted by atomic mass is 9.69. The minimum Gasteiger partial charge on any atom is -0.298 e. The molecule has 0 aliphatic heterocycles. The molecule has 190 valence electrons. The van der Waals surface area contributed by atoms with Crippen LogP contribution in [0.1, 0.15) is 94.9 Å². The Morgan fingerprint density at radius 1 is 0.857 bits per heavy atom. The Bertz CT molecular complexity index is 933. The molecule has 2 aliphatic carbocycles. The highest BCUT2D eigenvalue weighted by atomic mass is 19.1. The van der Waals surface area contributed by atoms with E-state index in [0.717, 1.165) is 55.3 Å². The second-order valence-electron chi connectivity index (χ2n) is 10.6. The molecular formula is C31H42F2N2. The minimum atomic E-state index is -1.25. The molecule has 0 aromatic heterocycles. The fourth-order valence-corrected chi connectivity index (χ4v) is 5.62. The summed E-state index contributed by atoms with van der Waals surface area (Å²) in [6, 6.07) is 18.9. The van der Waals surface area contributed by atoms with Crippen LogP contribution in [-0.4, -0.2) is 23.5 Å². The lowest BCUT2D eigenvalue weighted by molar-refractivity contribution is 0.0511. The molecule has 2 aromatic rings. The normalized spacial score (nSPS) is 18.6. The molecule has 0 saturated heterocycles. The summed E-state index contributed by atoms with van der Waals surface area (Å²) in [6.07, 6.45) is 6.85. The van der Waals surface area contributed by atoms with Gasteiger partial charge in [0.15, 0.2) is 0 Å². The fourth-order valence-electron chi connectivity index (χ4n) is 5.62. The summed E-state index contributed by atoms with van der Waals surface area (Å²) in [5.74, 6) is 0. The quantitative estimate of drug-likeness (QED) is 0.343. The number of benzene rings is 2. The van der Waals surface area contributed by atoms with Crippen LogP contribution in [0.4, 0.5) is 8.78 Å². The smallest absolute Gasteiger partial charge is 0.136 e. The minimum absolute atomic E-state index is 0.355. The van der Waals surface area contributed by atoms with Crippen molar-refractivity contribution in [2.24, 2.45) is 0 Å². The summed E-state index contributed by atoms with van der Waals surface area (Å²) in [7, 11) is 0. The summed E-state index contributed by atoms with van der Waals surface area (Å²) in [6.45, 7) is 9.20. The van der Waals surface area contributed by atoms with Crippen molar-refractivity contribution in [3.05, 3.63) is 70.8 Å². The lowest BCUT2D eigenvalue weighted by Gasteiger charge is -2.41. The van der Waals surface area contributed by atoms with Crippen LogP contribution in [0.25, 0.3) is 0 Å². The maximum atomic E-state index is 15.6.